The summed E-state index contributed by atoms with van der Waals surface area (Å²) in [4.78, 5) is 34.5. The minimum Gasteiger partial charge on any atom is -0.491 e. The van der Waals surface area contributed by atoms with Gasteiger partial charge in [-0.2, -0.15) is 0 Å². The van der Waals surface area contributed by atoms with Gasteiger partial charge in [-0.15, -0.1) is 0 Å². The Balaban J connectivity index is 1.47. The van der Waals surface area contributed by atoms with Crippen molar-refractivity contribution in [2.45, 2.75) is 25.9 Å². The summed E-state index contributed by atoms with van der Waals surface area (Å²) in [5, 5.41) is 7.36. The number of carbonyl (C=O) groups is 2. The van der Waals surface area contributed by atoms with Crippen molar-refractivity contribution in [2.75, 3.05) is 36.9 Å². The highest BCUT2D eigenvalue weighted by Gasteiger charge is 2.22. The van der Waals surface area contributed by atoms with Crippen LogP contribution < -0.4 is 15.4 Å². The Kier molecular flexibility index (Phi) is 8.35. The van der Waals surface area contributed by atoms with Crippen molar-refractivity contribution >= 4 is 51.6 Å². The smallest absolute Gasteiger partial charge is 0.320 e. The maximum absolute atomic E-state index is 12.1. The number of carbonyl (C=O) groups excluding carboxylic acids is 2. The molecule has 1 saturated heterocycles. The van der Waals surface area contributed by atoms with Gasteiger partial charge in [0.15, 0.2) is 0 Å². The number of cyclic esters (lactones) is 1. The number of fused-ring (bicyclic) bond motifs is 1. The summed E-state index contributed by atoms with van der Waals surface area (Å²) in [6.07, 6.45) is 4.21. The van der Waals surface area contributed by atoms with Crippen LogP contribution in [0.15, 0.2) is 55.4 Å². The van der Waals surface area contributed by atoms with Crippen LogP contribution in [0.25, 0.3) is 10.9 Å². The molecule has 0 aliphatic carbocycles. The second-order valence-electron chi connectivity index (χ2n) is 8.51. The fraction of sp³-hybridized carbons (Fsp3) is 0.308. The van der Waals surface area contributed by atoms with Crippen molar-refractivity contribution in [3.8, 4) is 5.75 Å². The number of unbranched alkanes of at least 4 members (excludes halogenated alkanes) is 1. The molecule has 0 radical (unpaired) electrons. The van der Waals surface area contributed by atoms with Gasteiger partial charge in [-0.3, -0.25) is 14.5 Å². The molecule has 1 amide bonds. The van der Waals surface area contributed by atoms with E-state index in [-0.39, 0.29) is 18.0 Å². The zero-order chi connectivity index (χ0) is 25.5. The van der Waals surface area contributed by atoms with Crippen LogP contribution in [0.5, 0.6) is 5.75 Å². The molecule has 1 atom stereocenters. The molecule has 2 N–H and O–H groups in total. The predicted molar refractivity (Wildman–Crippen MR) is 140 cm³/mol. The van der Waals surface area contributed by atoms with Crippen LogP contribution in [0, 0.1) is 0 Å². The second kappa shape index (κ2) is 11.8. The molecule has 36 heavy (non-hydrogen) atoms. The summed E-state index contributed by atoms with van der Waals surface area (Å²) < 4.78 is 11.2. The SMILES string of the molecule is C=CC(=O)Nc1cc2c(Nc3cccc(Cl)c3)ncnc2cc1OCCCCN1CC(=O)O[C@@H](C)C1. The third kappa shape index (κ3) is 6.71. The largest absolute Gasteiger partial charge is 0.491 e. The number of esters is 1. The molecule has 1 fully saturated rings. The van der Waals surface area contributed by atoms with Crippen LogP contribution in [0.2, 0.25) is 5.02 Å². The first-order valence-electron chi connectivity index (χ1n) is 11.7. The molecule has 1 aliphatic rings. The lowest BCUT2D eigenvalue weighted by molar-refractivity contribution is -0.157. The van der Waals surface area contributed by atoms with Gasteiger partial charge in [0.1, 0.15) is 24.0 Å². The minimum absolute atomic E-state index is 0.0867. The summed E-state index contributed by atoms with van der Waals surface area (Å²) in [5.74, 6) is 0.527. The number of rotatable bonds is 10. The van der Waals surface area contributed by atoms with Crippen molar-refractivity contribution in [3.63, 3.8) is 0 Å². The Morgan fingerprint density at radius 2 is 2.17 bits per heavy atom. The molecule has 2 aromatic carbocycles. The molecule has 188 valence electrons. The van der Waals surface area contributed by atoms with E-state index in [0.29, 0.717) is 46.3 Å². The number of nitrogens with zero attached hydrogens (tertiary/aromatic N) is 3. The highest BCUT2D eigenvalue weighted by molar-refractivity contribution is 6.30. The Hall–Kier alpha value is -3.69. The third-order valence-electron chi connectivity index (χ3n) is 5.59. The molecular formula is C26H28ClN5O4. The summed E-state index contributed by atoms with van der Waals surface area (Å²) in [6.45, 7) is 7.70. The van der Waals surface area contributed by atoms with E-state index in [1.165, 1.54) is 12.4 Å². The first kappa shape index (κ1) is 25.4. The number of hydrogen-bond acceptors (Lipinski definition) is 8. The number of benzene rings is 2. The lowest BCUT2D eigenvalue weighted by Gasteiger charge is -2.30. The lowest BCUT2D eigenvalue weighted by atomic mass is 10.1. The zero-order valence-corrected chi connectivity index (χ0v) is 20.8. The predicted octanol–water partition coefficient (Wildman–Crippen LogP) is 4.56. The standard InChI is InChI=1S/C26H28ClN5O4/c1-3-24(33)31-22-12-20-21(28-16-29-26(20)30-19-8-6-7-18(27)11-19)13-23(22)35-10-5-4-9-32-14-17(2)36-25(34)15-32/h3,6-8,11-13,16-17H,1,4-5,9-10,14-15H2,2H3,(H,31,33)(H,28,29,30)/t17-/m0/s1. The van der Waals surface area contributed by atoms with E-state index in [1.54, 1.807) is 24.3 Å². The van der Waals surface area contributed by atoms with Gasteiger partial charge in [0.05, 0.1) is 24.4 Å². The summed E-state index contributed by atoms with van der Waals surface area (Å²) >= 11 is 6.11. The van der Waals surface area contributed by atoms with E-state index in [0.717, 1.165) is 31.6 Å². The number of hydrogen-bond donors (Lipinski definition) is 2. The molecular weight excluding hydrogens is 482 g/mol. The first-order chi connectivity index (χ1) is 17.4. The molecule has 3 aromatic rings. The van der Waals surface area contributed by atoms with Gasteiger partial charge >= 0.3 is 5.97 Å². The molecule has 0 bridgehead atoms. The molecule has 1 aromatic heterocycles. The summed E-state index contributed by atoms with van der Waals surface area (Å²) in [7, 11) is 0. The fourth-order valence-electron chi connectivity index (χ4n) is 3.99. The van der Waals surface area contributed by atoms with E-state index < -0.39 is 0 Å². The van der Waals surface area contributed by atoms with Crippen molar-refractivity contribution in [2.24, 2.45) is 0 Å². The summed E-state index contributed by atoms with van der Waals surface area (Å²) in [6, 6.07) is 10.9. The second-order valence-corrected chi connectivity index (χ2v) is 8.94. The van der Waals surface area contributed by atoms with Gasteiger partial charge in [-0.1, -0.05) is 24.2 Å². The Morgan fingerprint density at radius 1 is 1.31 bits per heavy atom. The van der Waals surface area contributed by atoms with Crippen molar-refractivity contribution in [1.29, 1.82) is 0 Å². The van der Waals surface area contributed by atoms with E-state index in [4.69, 9.17) is 21.1 Å². The van der Waals surface area contributed by atoms with Gasteiger partial charge in [-0.25, -0.2) is 9.97 Å². The van der Waals surface area contributed by atoms with Crippen LogP contribution in [-0.2, 0) is 14.3 Å². The first-order valence-corrected chi connectivity index (χ1v) is 12.1. The third-order valence-corrected chi connectivity index (χ3v) is 5.83. The van der Waals surface area contributed by atoms with Crippen molar-refractivity contribution in [3.05, 3.63) is 60.4 Å². The van der Waals surface area contributed by atoms with Gasteiger partial charge in [0.25, 0.3) is 0 Å². The number of nitrogens with one attached hydrogen (secondary N) is 2. The molecule has 0 unspecified atom stereocenters. The molecule has 2 heterocycles. The molecule has 9 nitrogen and oxygen atoms in total. The van der Waals surface area contributed by atoms with Crippen LogP contribution in [0.4, 0.5) is 17.2 Å². The van der Waals surface area contributed by atoms with E-state index in [1.807, 2.05) is 19.1 Å². The normalized spacial score (nSPS) is 15.8. The number of ether oxygens (including phenoxy) is 2. The highest BCUT2D eigenvalue weighted by Crippen LogP contribution is 2.33. The zero-order valence-electron chi connectivity index (χ0n) is 20.0. The topological polar surface area (TPSA) is 106 Å². The van der Waals surface area contributed by atoms with Gasteiger partial charge in [0, 0.05) is 28.7 Å². The van der Waals surface area contributed by atoms with Crippen LogP contribution in [0.3, 0.4) is 0 Å². The number of morpholine rings is 1. The molecule has 1 aliphatic heterocycles. The number of amides is 1. The maximum atomic E-state index is 12.1. The van der Waals surface area contributed by atoms with E-state index >= 15 is 0 Å². The van der Waals surface area contributed by atoms with Crippen molar-refractivity contribution < 1.29 is 19.1 Å². The molecule has 0 spiro atoms. The van der Waals surface area contributed by atoms with Gasteiger partial charge in [0.2, 0.25) is 5.91 Å². The van der Waals surface area contributed by atoms with Crippen LogP contribution in [0.1, 0.15) is 19.8 Å². The number of anilines is 3. The summed E-state index contributed by atoms with van der Waals surface area (Å²) in [5.41, 5.74) is 1.92. The minimum atomic E-state index is -0.355. The molecule has 10 heteroatoms. The Labute approximate surface area is 214 Å². The van der Waals surface area contributed by atoms with Gasteiger partial charge in [-0.05, 0) is 56.7 Å². The monoisotopic (exact) mass is 509 g/mol. The highest BCUT2D eigenvalue weighted by atomic mass is 35.5. The number of halogens is 1. The average molecular weight is 510 g/mol. The lowest BCUT2D eigenvalue weighted by Crippen LogP contribution is -2.44. The molecule has 0 saturated carbocycles. The van der Waals surface area contributed by atoms with Gasteiger partial charge < -0.3 is 20.1 Å². The van der Waals surface area contributed by atoms with Crippen LogP contribution >= 0.6 is 11.6 Å². The average Bonchev–Trinajstić information content (AvgIpc) is 2.83. The number of aromatic nitrogens is 2. The van der Waals surface area contributed by atoms with E-state index in [9.17, 15) is 9.59 Å². The Morgan fingerprint density at radius 3 is 2.94 bits per heavy atom. The molecule has 4 rings (SSSR count). The van der Waals surface area contributed by atoms with Crippen LogP contribution in [-0.4, -0.2) is 59.1 Å². The fourth-order valence-corrected chi connectivity index (χ4v) is 4.18. The Bertz CT molecular complexity index is 1270. The van der Waals surface area contributed by atoms with E-state index in [2.05, 4.69) is 32.1 Å². The maximum Gasteiger partial charge on any atom is 0.320 e. The quantitative estimate of drug-likeness (QED) is 0.233. The van der Waals surface area contributed by atoms with Crippen molar-refractivity contribution in [1.82, 2.24) is 14.9 Å².